The van der Waals surface area contributed by atoms with Crippen molar-refractivity contribution in [3.8, 4) is 0 Å². The Kier molecular flexibility index (Phi) is 4.46. The molecule has 0 saturated heterocycles. The van der Waals surface area contributed by atoms with Gasteiger partial charge in [0.1, 0.15) is 5.82 Å². The summed E-state index contributed by atoms with van der Waals surface area (Å²) in [5, 5.41) is 13.0. The highest BCUT2D eigenvalue weighted by atomic mass is 32.2. The Morgan fingerprint density at radius 2 is 2.41 bits per heavy atom. The molecule has 2 heterocycles. The highest BCUT2D eigenvalue weighted by Gasteiger charge is 2.38. The van der Waals surface area contributed by atoms with E-state index in [1.54, 1.807) is 0 Å². The van der Waals surface area contributed by atoms with Gasteiger partial charge in [-0.1, -0.05) is 6.08 Å². The second-order valence-electron chi connectivity index (χ2n) is 5.73. The number of nitrogen functional groups attached to an aromatic ring is 1. The van der Waals surface area contributed by atoms with Gasteiger partial charge in [-0.3, -0.25) is 0 Å². The lowest BCUT2D eigenvalue weighted by molar-refractivity contribution is 0.275. The first-order valence-corrected chi connectivity index (χ1v) is 8.46. The van der Waals surface area contributed by atoms with Gasteiger partial charge in [-0.05, 0) is 13.3 Å². The number of hydrogen-bond donors (Lipinski definition) is 5. The number of hydrazine groups is 1. The third-order valence-corrected chi connectivity index (χ3v) is 5.52. The van der Waals surface area contributed by atoms with Crippen molar-refractivity contribution in [3.63, 3.8) is 0 Å². The zero-order valence-corrected chi connectivity index (χ0v) is 13.7. The van der Waals surface area contributed by atoms with Gasteiger partial charge in [0, 0.05) is 43.8 Å². The zero-order chi connectivity index (χ0) is 15.7. The summed E-state index contributed by atoms with van der Waals surface area (Å²) in [6.07, 6.45) is 3.96. The Hall–Kier alpha value is -1.44. The average molecular weight is 321 g/mol. The van der Waals surface area contributed by atoms with Crippen LogP contribution in [0.3, 0.4) is 0 Å². The van der Waals surface area contributed by atoms with Gasteiger partial charge in [-0.15, -0.1) is 11.8 Å². The van der Waals surface area contributed by atoms with E-state index in [4.69, 9.17) is 5.73 Å². The normalized spacial score (nSPS) is 26.7. The number of thioether (sulfide) groups is 1. The van der Waals surface area contributed by atoms with E-state index in [0.717, 1.165) is 29.9 Å². The zero-order valence-electron chi connectivity index (χ0n) is 12.9. The molecule has 1 aromatic rings. The smallest absolute Gasteiger partial charge is 0.125 e. The quantitative estimate of drug-likeness (QED) is 0.501. The molecule has 1 aromatic heterocycles. The number of nitrogens with two attached hydrogens (primary N) is 1. The number of aliphatic hydroxyl groups excluding tert-OH is 1. The van der Waals surface area contributed by atoms with Crippen LogP contribution in [0.5, 0.6) is 0 Å². The van der Waals surface area contributed by atoms with Gasteiger partial charge in [0.2, 0.25) is 0 Å². The molecule has 0 spiro atoms. The highest BCUT2D eigenvalue weighted by molar-refractivity contribution is 8.00. The van der Waals surface area contributed by atoms with Crippen LogP contribution < -0.4 is 21.9 Å². The molecule has 0 aromatic carbocycles. The third-order valence-electron chi connectivity index (χ3n) is 4.13. The van der Waals surface area contributed by atoms with Gasteiger partial charge in [0.15, 0.2) is 0 Å². The number of anilines is 2. The molecule has 1 unspecified atom stereocenters. The van der Waals surface area contributed by atoms with Crippen molar-refractivity contribution in [1.29, 1.82) is 0 Å². The summed E-state index contributed by atoms with van der Waals surface area (Å²) in [4.78, 5) is 5.68. The highest BCUT2D eigenvalue weighted by Crippen LogP contribution is 2.45. The fourth-order valence-electron chi connectivity index (χ4n) is 2.83. The Morgan fingerprint density at radius 1 is 1.59 bits per heavy atom. The van der Waals surface area contributed by atoms with Gasteiger partial charge in [-0.2, -0.15) is 0 Å². The van der Waals surface area contributed by atoms with E-state index in [0.29, 0.717) is 23.0 Å². The van der Waals surface area contributed by atoms with Crippen molar-refractivity contribution in [1.82, 2.24) is 15.8 Å². The molecule has 3 rings (SSSR count). The van der Waals surface area contributed by atoms with Crippen LogP contribution in [0.15, 0.2) is 22.7 Å². The summed E-state index contributed by atoms with van der Waals surface area (Å²) >= 11 is 1.81. The first-order chi connectivity index (χ1) is 10.7. The lowest BCUT2D eigenvalue weighted by Crippen LogP contribution is -2.31. The van der Waals surface area contributed by atoms with Crippen molar-refractivity contribution < 1.29 is 5.11 Å². The summed E-state index contributed by atoms with van der Waals surface area (Å²) in [7, 11) is 1.86. The largest absolute Gasteiger partial charge is 0.396 e. The van der Waals surface area contributed by atoms with E-state index in [1.807, 2.05) is 31.8 Å². The number of hydrogen-bond acceptors (Lipinski definition) is 7. The summed E-state index contributed by atoms with van der Waals surface area (Å²) in [5.41, 5.74) is 15.4. The maximum Gasteiger partial charge on any atom is 0.125 e. The number of rotatable bonds is 6. The van der Waals surface area contributed by atoms with Gasteiger partial charge in [0.05, 0.1) is 21.5 Å². The lowest BCUT2D eigenvalue weighted by Gasteiger charge is -2.15. The Labute approximate surface area is 134 Å². The van der Waals surface area contributed by atoms with Crippen molar-refractivity contribution >= 4 is 23.3 Å². The molecule has 6 N–H and O–H groups in total. The Balaban J connectivity index is 1.79. The molecule has 7 heteroatoms. The van der Waals surface area contributed by atoms with Crippen LogP contribution in [0.4, 0.5) is 11.5 Å². The topological polar surface area (TPSA) is 95.2 Å². The SMILES string of the molecule is C/C=C(\NNC)C1Cc2nc(N)cc(N[C@H]3C[C@H]3CO)c2S1. The first kappa shape index (κ1) is 15.5. The van der Waals surface area contributed by atoms with Crippen molar-refractivity contribution in [2.75, 3.05) is 24.7 Å². The maximum absolute atomic E-state index is 9.20. The molecule has 3 atom stereocenters. The second-order valence-corrected chi connectivity index (χ2v) is 6.94. The molecular formula is C15H23N5OS. The number of nitrogens with zero attached hydrogens (tertiary/aromatic N) is 1. The molecule has 6 nitrogen and oxygen atoms in total. The van der Waals surface area contributed by atoms with Gasteiger partial charge >= 0.3 is 0 Å². The number of fused-ring (bicyclic) bond motifs is 1. The van der Waals surface area contributed by atoms with Crippen molar-refractivity contribution in [2.45, 2.75) is 36.0 Å². The first-order valence-electron chi connectivity index (χ1n) is 7.58. The van der Waals surface area contributed by atoms with Crippen LogP contribution in [0.25, 0.3) is 0 Å². The molecule has 1 aliphatic carbocycles. The van der Waals surface area contributed by atoms with E-state index in [-0.39, 0.29) is 6.61 Å². The van der Waals surface area contributed by atoms with E-state index in [1.165, 1.54) is 4.90 Å². The van der Waals surface area contributed by atoms with E-state index < -0.39 is 0 Å². The van der Waals surface area contributed by atoms with Crippen LogP contribution in [-0.4, -0.2) is 35.0 Å². The monoisotopic (exact) mass is 321 g/mol. The van der Waals surface area contributed by atoms with Gasteiger partial charge in [-0.25, -0.2) is 10.4 Å². The summed E-state index contributed by atoms with van der Waals surface area (Å²) in [6.45, 7) is 2.27. The van der Waals surface area contributed by atoms with Crippen LogP contribution in [0.2, 0.25) is 0 Å². The average Bonchev–Trinajstić information content (AvgIpc) is 3.11. The minimum Gasteiger partial charge on any atom is -0.396 e. The van der Waals surface area contributed by atoms with Crippen LogP contribution in [-0.2, 0) is 6.42 Å². The maximum atomic E-state index is 9.20. The molecule has 22 heavy (non-hydrogen) atoms. The fourth-order valence-corrected chi connectivity index (χ4v) is 4.18. The summed E-state index contributed by atoms with van der Waals surface area (Å²) in [6, 6.07) is 2.26. The Bertz CT molecular complexity index is 592. The molecule has 2 aliphatic rings. The molecule has 1 saturated carbocycles. The minimum atomic E-state index is 0.241. The Morgan fingerprint density at radius 3 is 3.05 bits per heavy atom. The number of aliphatic hydroxyl groups is 1. The predicted molar refractivity (Wildman–Crippen MR) is 90.6 cm³/mol. The summed E-state index contributed by atoms with van der Waals surface area (Å²) < 4.78 is 0. The molecule has 0 bridgehead atoms. The van der Waals surface area contributed by atoms with Crippen LogP contribution in [0.1, 0.15) is 19.0 Å². The number of nitrogens with one attached hydrogen (secondary N) is 3. The molecule has 0 radical (unpaired) electrons. The van der Waals surface area contributed by atoms with Gasteiger partial charge < -0.3 is 21.6 Å². The van der Waals surface area contributed by atoms with Crippen LogP contribution in [0, 0.1) is 5.92 Å². The molecule has 1 fully saturated rings. The van der Waals surface area contributed by atoms with Crippen LogP contribution >= 0.6 is 11.8 Å². The summed E-state index contributed by atoms with van der Waals surface area (Å²) in [5.74, 6) is 0.914. The number of pyridine rings is 1. The number of aromatic nitrogens is 1. The predicted octanol–water partition coefficient (Wildman–Crippen LogP) is 1.10. The van der Waals surface area contributed by atoms with E-state index in [2.05, 4.69) is 27.2 Å². The lowest BCUT2D eigenvalue weighted by atomic mass is 10.1. The van der Waals surface area contributed by atoms with Crippen molar-refractivity contribution in [2.24, 2.45) is 5.92 Å². The molecule has 0 amide bonds. The second kappa shape index (κ2) is 6.36. The standard InChI is InChI=1S/C15H23N5OS/c1-3-9(20-17-2)13-5-11-15(22-13)12(6-14(16)19-11)18-10-4-8(10)7-21/h3,6,8,10,13,17,20-21H,4-5,7H2,1-2H3,(H3,16,18,19)/b9-3-/t8-,10-,13?/m0/s1. The molecule has 1 aliphatic heterocycles. The van der Waals surface area contributed by atoms with Gasteiger partial charge in [0.25, 0.3) is 0 Å². The minimum absolute atomic E-state index is 0.241. The van der Waals surface area contributed by atoms with E-state index in [9.17, 15) is 5.11 Å². The fraction of sp³-hybridized carbons (Fsp3) is 0.533. The molecule has 120 valence electrons. The van der Waals surface area contributed by atoms with Crippen molar-refractivity contribution in [3.05, 3.63) is 23.5 Å². The molecular weight excluding hydrogens is 298 g/mol. The number of allylic oxidation sites excluding steroid dienone is 1. The third kappa shape index (κ3) is 3.02. The van der Waals surface area contributed by atoms with E-state index >= 15 is 0 Å².